The highest BCUT2D eigenvalue weighted by Gasteiger charge is 2.27. The third-order valence-corrected chi connectivity index (χ3v) is 4.20. The molecule has 0 aromatic heterocycles. The Labute approximate surface area is 104 Å². The van der Waals surface area contributed by atoms with Crippen LogP contribution in [0, 0.1) is 5.92 Å². The highest BCUT2D eigenvalue weighted by molar-refractivity contribution is 5.69. The maximum Gasteiger partial charge on any atom is 0.307 e. The van der Waals surface area contributed by atoms with Crippen LogP contribution in [0.3, 0.4) is 0 Å². The molecule has 1 saturated carbocycles. The van der Waals surface area contributed by atoms with Gasteiger partial charge in [-0.2, -0.15) is 0 Å². The van der Waals surface area contributed by atoms with E-state index >= 15 is 0 Å². The van der Waals surface area contributed by atoms with E-state index in [-0.39, 0.29) is 5.92 Å². The van der Waals surface area contributed by atoms with E-state index in [9.17, 15) is 4.79 Å². The first-order valence-corrected chi connectivity index (χ1v) is 6.86. The number of hydrogen-bond donors (Lipinski definition) is 1. The molecule has 1 aliphatic heterocycles. The van der Waals surface area contributed by atoms with E-state index in [1.165, 1.54) is 25.7 Å². The summed E-state index contributed by atoms with van der Waals surface area (Å²) < 4.78 is 0. The van der Waals surface area contributed by atoms with Gasteiger partial charge in [0.25, 0.3) is 0 Å². The second kappa shape index (κ2) is 5.83. The Kier molecular flexibility index (Phi) is 4.40. The molecule has 98 valence electrons. The Morgan fingerprint density at radius 3 is 2.35 bits per heavy atom. The van der Waals surface area contributed by atoms with Crippen LogP contribution in [0.2, 0.25) is 0 Å². The van der Waals surface area contributed by atoms with Crippen molar-refractivity contribution in [2.24, 2.45) is 5.92 Å². The van der Waals surface area contributed by atoms with Crippen LogP contribution in [0.1, 0.15) is 32.6 Å². The maximum atomic E-state index is 10.8. The van der Waals surface area contributed by atoms with Crippen molar-refractivity contribution in [3.05, 3.63) is 0 Å². The predicted molar refractivity (Wildman–Crippen MR) is 67.1 cm³/mol. The fraction of sp³-hybridized carbons (Fsp3) is 0.923. The molecule has 1 N–H and O–H groups in total. The minimum Gasteiger partial charge on any atom is -0.481 e. The highest BCUT2D eigenvalue weighted by atomic mass is 16.4. The second-order valence-corrected chi connectivity index (χ2v) is 5.51. The smallest absolute Gasteiger partial charge is 0.307 e. The molecular formula is C13H24N2O2. The normalized spacial score (nSPS) is 26.2. The largest absolute Gasteiger partial charge is 0.481 e. The number of carboxylic acid groups (broad SMARTS) is 1. The van der Waals surface area contributed by atoms with Gasteiger partial charge in [-0.05, 0) is 12.8 Å². The summed E-state index contributed by atoms with van der Waals surface area (Å²) in [5.74, 6) is -0.920. The quantitative estimate of drug-likeness (QED) is 0.803. The van der Waals surface area contributed by atoms with E-state index in [1.54, 1.807) is 6.92 Å². The molecular weight excluding hydrogens is 216 g/mol. The zero-order chi connectivity index (χ0) is 12.3. The molecule has 2 fully saturated rings. The van der Waals surface area contributed by atoms with E-state index < -0.39 is 5.97 Å². The summed E-state index contributed by atoms with van der Waals surface area (Å²) in [5, 5.41) is 8.90. The van der Waals surface area contributed by atoms with Crippen LogP contribution in [-0.2, 0) is 4.79 Å². The van der Waals surface area contributed by atoms with Crippen LogP contribution in [0.15, 0.2) is 0 Å². The van der Waals surface area contributed by atoms with Crippen molar-refractivity contribution in [1.29, 1.82) is 0 Å². The molecule has 0 aromatic carbocycles. The van der Waals surface area contributed by atoms with Crippen molar-refractivity contribution < 1.29 is 9.90 Å². The van der Waals surface area contributed by atoms with Gasteiger partial charge in [0.05, 0.1) is 5.92 Å². The molecule has 17 heavy (non-hydrogen) atoms. The highest BCUT2D eigenvalue weighted by Crippen LogP contribution is 2.24. The minimum atomic E-state index is -0.678. The minimum absolute atomic E-state index is 0.243. The maximum absolute atomic E-state index is 10.8. The first kappa shape index (κ1) is 12.8. The zero-order valence-electron chi connectivity index (χ0n) is 10.8. The van der Waals surface area contributed by atoms with Gasteiger partial charge in [-0.1, -0.05) is 19.8 Å². The molecule has 1 aliphatic carbocycles. The monoisotopic (exact) mass is 240 g/mol. The Morgan fingerprint density at radius 1 is 1.24 bits per heavy atom. The molecule has 0 radical (unpaired) electrons. The van der Waals surface area contributed by atoms with Gasteiger partial charge in [0.2, 0.25) is 0 Å². The Bertz CT molecular complexity index is 256. The third-order valence-electron chi connectivity index (χ3n) is 4.20. The SMILES string of the molecule is CC(CN1CCN(C2CCCC2)CC1)C(=O)O. The van der Waals surface area contributed by atoms with Crippen LogP contribution < -0.4 is 0 Å². The van der Waals surface area contributed by atoms with E-state index in [0.717, 1.165) is 32.2 Å². The lowest BCUT2D eigenvalue weighted by Gasteiger charge is -2.38. The molecule has 1 unspecified atom stereocenters. The molecule has 1 atom stereocenters. The number of nitrogens with zero attached hydrogens (tertiary/aromatic N) is 2. The van der Waals surface area contributed by atoms with Crippen molar-refractivity contribution in [2.75, 3.05) is 32.7 Å². The summed E-state index contributed by atoms with van der Waals surface area (Å²) >= 11 is 0. The summed E-state index contributed by atoms with van der Waals surface area (Å²) in [7, 11) is 0. The van der Waals surface area contributed by atoms with Gasteiger partial charge in [-0.15, -0.1) is 0 Å². The Balaban J connectivity index is 1.72. The zero-order valence-corrected chi connectivity index (χ0v) is 10.8. The van der Waals surface area contributed by atoms with Crippen molar-refractivity contribution in [2.45, 2.75) is 38.6 Å². The van der Waals surface area contributed by atoms with Gasteiger partial charge in [0.15, 0.2) is 0 Å². The molecule has 4 nitrogen and oxygen atoms in total. The lowest BCUT2D eigenvalue weighted by atomic mass is 10.1. The summed E-state index contributed by atoms with van der Waals surface area (Å²) in [5.41, 5.74) is 0. The van der Waals surface area contributed by atoms with Crippen molar-refractivity contribution in [3.63, 3.8) is 0 Å². The van der Waals surface area contributed by atoms with Crippen LogP contribution >= 0.6 is 0 Å². The van der Waals surface area contributed by atoms with Gasteiger partial charge in [-0.25, -0.2) is 0 Å². The molecule has 1 saturated heterocycles. The van der Waals surface area contributed by atoms with Crippen molar-refractivity contribution in [1.82, 2.24) is 9.80 Å². The van der Waals surface area contributed by atoms with Crippen molar-refractivity contribution in [3.8, 4) is 0 Å². The van der Waals surface area contributed by atoms with E-state index in [1.807, 2.05) is 0 Å². The first-order chi connectivity index (χ1) is 8.16. The average Bonchev–Trinajstić information content (AvgIpc) is 2.83. The standard InChI is InChI=1S/C13H24N2O2/c1-11(13(16)17)10-14-6-8-15(9-7-14)12-4-2-3-5-12/h11-12H,2-10H2,1H3,(H,16,17). The lowest BCUT2D eigenvalue weighted by Crippen LogP contribution is -2.50. The number of piperazine rings is 1. The van der Waals surface area contributed by atoms with Crippen LogP contribution in [0.5, 0.6) is 0 Å². The molecule has 0 spiro atoms. The van der Waals surface area contributed by atoms with Crippen molar-refractivity contribution >= 4 is 5.97 Å². The Morgan fingerprint density at radius 2 is 1.82 bits per heavy atom. The van der Waals surface area contributed by atoms with E-state index in [4.69, 9.17) is 5.11 Å². The first-order valence-electron chi connectivity index (χ1n) is 6.86. The molecule has 0 amide bonds. The molecule has 1 heterocycles. The third kappa shape index (κ3) is 3.42. The summed E-state index contributed by atoms with van der Waals surface area (Å²) in [6, 6.07) is 0.814. The number of rotatable bonds is 4. The van der Waals surface area contributed by atoms with Crippen LogP contribution in [0.25, 0.3) is 0 Å². The van der Waals surface area contributed by atoms with Gasteiger partial charge in [0.1, 0.15) is 0 Å². The number of aliphatic carboxylic acids is 1. The summed E-state index contributed by atoms with van der Waals surface area (Å²) in [6.07, 6.45) is 5.51. The van der Waals surface area contributed by atoms with E-state index in [2.05, 4.69) is 9.80 Å². The average molecular weight is 240 g/mol. The molecule has 2 rings (SSSR count). The van der Waals surface area contributed by atoms with Gasteiger partial charge < -0.3 is 5.11 Å². The summed E-state index contributed by atoms with van der Waals surface area (Å²) in [4.78, 5) is 15.7. The second-order valence-electron chi connectivity index (χ2n) is 5.51. The fourth-order valence-electron chi connectivity index (χ4n) is 3.05. The van der Waals surface area contributed by atoms with Crippen LogP contribution in [-0.4, -0.2) is 59.6 Å². The van der Waals surface area contributed by atoms with Gasteiger partial charge >= 0.3 is 5.97 Å². The predicted octanol–water partition coefficient (Wildman–Crippen LogP) is 1.27. The van der Waals surface area contributed by atoms with E-state index in [0.29, 0.717) is 6.54 Å². The molecule has 2 aliphatic rings. The molecule has 0 bridgehead atoms. The fourth-order valence-corrected chi connectivity index (χ4v) is 3.05. The van der Waals surface area contributed by atoms with Gasteiger partial charge in [-0.3, -0.25) is 14.6 Å². The molecule has 0 aromatic rings. The number of carboxylic acids is 1. The lowest BCUT2D eigenvalue weighted by molar-refractivity contribution is -0.141. The van der Waals surface area contributed by atoms with Gasteiger partial charge in [0, 0.05) is 38.8 Å². The summed E-state index contributed by atoms with van der Waals surface area (Å²) in [6.45, 7) is 6.82. The topological polar surface area (TPSA) is 43.8 Å². The number of hydrogen-bond acceptors (Lipinski definition) is 3. The molecule has 4 heteroatoms. The van der Waals surface area contributed by atoms with Crippen LogP contribution in [0.4, 0.5) is 0 Å². The Hall–Kier alpha value is -0.610. The number of carbonyl (C=O) groups is 1.